The van der Waals surface area contributed by atoms with E-state index < -0.39 is 12.2 Å². The predicted octanol–water partition coefficient (Wildman–Crippen LogP) is 2.86. The molecule has 0 aliphatic carbocycles. The lowest BCUT2D eigenvalue weighted by atomic mass is 9.94. The summed E-state index contributed by atoms with van der Waals surface area (Å²) in [6.07, 6.45) is -3.53. The third-order valence-corrected chi connectivity index (χ3v) is 2.44. The van der Waals surface area contributed by atoms with Crippen LogP contribution in [-0.2, 0) is 6.42 Å². The second-order valence-corrected chi connectivity index (χ2v) is 3.38. The molecule has 1 heterocycles. The van der Waals surface area contributed by atoms with Gasteiger partial charge in [0.2, 0.25) is 0 Å². The molecule has 0 saturated heterocycles. The zero-order valence-electron chi connectivity index (χ0n) is 7.84. The lowest BCUT2D eigenvalue weighted by Gasteiger charge is -2.28. The first kappa shape index (κ1) is 12.3. The molecule has 1 N–H and O–H groups in total. The molecule has 1 atom stereocenters. The molecular formula is C10H11ClF3N. The van der Waals surface area contributed by atoms with Crippen LogP contribution in [0.25, 0.3) is 0 Å². The summed E-state index contributed by atoms with van der Waals surface area (Å²) in [5.74, 6) is 0. The van der Waals surface area contributed by atoms with Crippen molar-refractivity contribution in [3.8, 4) is 0 Å². The van der Waals surface area contributed by atoms with Gasteiger partial charge in [-0.15, -0.1) is 12.4 Å². The van der Waals surface area contributed by atoms with E-state index in [-0.39, 0.29) is 12.4 Å². The average Bonchev–Trinajstić information content (AvgIpc) is 2.15. The fraction of sp³-hybridized carbons (Fsp3) is 0.400. The van der Waals surface area contributed by atoms with Crippen LogP contribution in [0.5, 0.6) is 0 Å². The van der Waals surface area contributed by atoms with Gasteiger partial charge in [-0.25, -0.2) is 0 Å². The van der Waals surface area contributed by atoms with Gasteiger partial charge in [-0.1, -0.05) is 24.3 Å². The van der Waals surface area contributed by atoms with Crippen LogP contribution >= 0.6 is 12.4 Å². The van der Waals surface area contributed by atoms with Crippen LogP contribution in [-0.4, -0.2) is 12.7 Å². The summed E-state index contributed by atoms with van der Waals surface area (Å²) in [5, 5.41) is 2.49. The highest BCUT2D eigenvalue weighted by Gasteiger charge is 2.42. The minimum atomic E-state index is -4.20. The van der Waals surface area contributed by atoms with Crippen molar-refractivity contribution in [2.75, 3.05) is 6.54 Å². The van der Waals surface area contributed by atoms with Crippen molar-refractivity contribution >= 4 is 12.4 Å². The smallest absolute Gasteiger partial charge is 0.302 e. The molecule has 1 aliphatic rings. The largest absolute Gasteiger partial charge is 0.407 e. The van der Waals surface area contributed by atoms with Gasteiger partial charge in [-0.2, -0.15) is 13.2 Å². The molecule has 0 fully saturated rings. The molecule has 0 bridgehead atoms. The molecule has 0 spiro atoms. The number of hydrogen-bond donors (Lipinski definition) is 1. The van der Waals surface area contributed by atoms with Gasteiger partial charge >= 0.3 is 6.18 Å². The lowest BCUT2D eigenvalue weighted by molar-refractivity contribution is -0.158. The summed E-state index contributed by atoms with van der Waals surface area (Å²) >= 11 is 0. The number of hydrogen-bond acceptors (Lipinski definition) is 1. The van der Waals surface area contributed by atoms with E-state index in [4.69, 9.17) is 0 Å². The summed E-state index contributed by atoms with van der Waals surface area (Å²) in [4.78, 5) is 0. The maximum absolute atomic E-state index is 12.6. The molecule has 1 aromatic rings. The zero-order valence-corrected chi connectivity index (χ0v) is 8.66. The predicted molar refractivity (Wildman–Crippen MR) is 54.2 cm³/mol. The van der Waals surface area contributed by atoms with Gasteiger partial charge in [0.15, 0.2) is 0 Å². The van der Waals surface area contributed by atoms with E-state index in [0.29, 0.717) is 18.5 Å². The molecule has 0 aromatic heterocycles. The van der Waals surface area contributed by atoms with E-state index in [2.05, 4.69) is 5.32 Å². The molecule has 0 saturated carbocycles. The van der Waals surface area contributed by atoms with E-state index in [1.54, 1.807) is 24.3 Å². The summed E-state index contributed by atoms with van der Waals surface area (Å²) in [7, 11) is 0. The first-order chi connectivity index (χ1) is 6.59. The molecule has 1 aromatic carbocycles. The maximum Gasteiger partial charge on any atom is 0.407 e. The Morgan fingerprint density at radius 3 is 2.53 bits per heavy atom. The van der Waals surface area contributed by atoms with Gasteiger partial charge in [-0.3, -0.25) is 0 Å². The first-order valence-corrected chi connectivity index (χ1v) is 4.47. The Morgan fingerprint density at radius 1 is 1.20 bits per heavy atom. The van der Waals surface area contributed by atoms with Gasteiger partial charge in [0, 0.05) is 6.54 Å². The average molecular weight is 238 g/mol. The molecule has 1 nitrogen and oxygen atoms in total. The Bertz CT molecular complexity index is 338. The van der Waals surface area contributed by atoms with Crippen LogP contribution in [0.1, 0.15) is 17.2 Å². The molecule has 5 heteroatoms. The van der Waals surface area contributed by atoms with Gasteiger partial charge in [0.25, 0.3) is 0 Å². The number of alkyl halides is 3. The van der Waals surface area contributed by atoms with E-state index in [1.165, 1.54) is 0 Å². The van der Waals surface area contributed by atoms with Crippen LogP contribution in [0.2, 0.25) is 0 Å². The molecule has 2 rings (SSSR count). The van der Waals surface area contributed by atoms with E-state index in [1.807, 2.05) is 0 Å². The molecule has 0 radical (unpaired) electrons. The minimum absolute atomic E-state index is 0. The molecular weight excluding hydrogens is 227 g/mol. The molecule has 1 unspecified atom stereocenters. The van der Waals surface area contributed by atoms with Crippen molar-refractivity contribution in [1.29, 1.82) is 0 Å². The topological polar surface area (TPSA) is 12.0 Å². The third kappa shape index (κ3) is 2.44. The summed E-state index contributed by atoms with van der Waals surface area (Å²) in [5.41, 5.74) is 1.17. The van der Waals surface area contributed by atoms with Crippen LogP contribution in [0.15, 0.2) is 24.3 Å². The SMILES string of the molecule is Cl.FC(F)(F)C1NCCc2ccccc21. The first-order valence-electron chi connectivity index (χ1n) is 4.47. The number of fused-ring (bicyclic) bond motifs is 1. The maximum atomic E-state index is 12.6. The van der Waals surface area contributed by atoms with E-state index in [0.717, 1.165) is 5.56 Å². The van der Waals surface area contributed by atoms with Gasteiger partial charge in [0.05, 0.1) is 0 Å². The minimum Gasteiger partial charge on any atom is -0.302 e. The summed E-state index contributed by atoms with van der Waals surface area (Å²) in [6.45, 7) is 0.390. The number of rotatable bonds is 0. The van der Waals surface area contributed by atoms with Crippen molar-refractivity contribution in [3.63, 3.8) is 0 Å². The van der Waals surface area contributed by atoms with Crippen molar-refractivity contribution in [2.45, 2.75) is 18.6 Å². The second kappa shape index (κ2) is 4.41. The lowest BCUT2D eigenvalue weighted by Crippen LogP contribution is -2.39. The molecule has 0 amide bonds. The zero-order chi connectivity index (χ0) is 10.2. The van der Waals surface area contributed by atoms with Gasteiger partial charge in [-0.05, 0) is 17.5 Å². The highest BCUT2D eigenvalue weighted by atomic mass is 35.5. The van der Waals surface area contributed by atoms with E-state index in [9.17, 15) is 13.2 Å². The Morgan fingerprint density at radius 2 is 1.87 bits per heavy atom. The normalized spacial score (nSPS) is 20.3. The fourth-order valence-corrected chi connectivity index (χ4v) is 1.80. The highest BCUT2D eigenvalue weighted by molar-refractivity contribution is 5.85. The second-order valence-electron chi connectivity index (χ2n) is 3.38. The third-order valence-electron chi connectivity index (χ3n) is 2.44. The monoisotopic (exact) mass is 237 g/mol. The molecule has 84 valence electrons. The van der Waals surface area contributed by atoms with Gasteiger partial charge < -0.3 is 5.32 Å². The number of benzene rings is 1. The van der Waals surface area contributed by atoms with Crippen molar-refractivity contribution in [2.24, 2.45) is 0 Å². The van der Waals surface area contributed by atoms with Crippen molar-refractivity contribution in [3.05, 3.63) is 35.4 Å². The Balaban J connectivity index is 0.00000112. The number of nitrogens with one attached hydrogen (secondary N) is 1. The van der Waals surface area contributed by atoms with Crippen LogP contribution in [0, 0.1) is 0 Å². The van der Waals surface area contributed by atoms with Crippen molar-refractivity contribution in [1.82, 2.24) is 5.32 Å². The molecule has 1 aliphatic heterocycles. The van der Waals surface area contributed by atoms with E-state index >= 15 is 0 Å². The quantitative estimate of drug-likeness (QED) is 0.732. The van der Waals surface area contributed by atoms with Crippen molar-refractivity contribution < 1.29 is 13.2 Å². The van der Waals surface area contributed by atoms with Crippen LogP contribution < -0.4 is 5.32 Å². The Hall–Kier alpha value is -0.740. The van der Waals surface area contributed by atoms with Crippen LogP contribution in [0.3, 0.4) is 0 Å². The van der Waals surface area contributed by atoms with Crippen LogP contribution in [0.4, 0.5) is 13.2 Å². The summed E-state index contributed by atoms with van der Waals surface area (Å²) < 4.78 is 37.7. The number of halogens is 4. The Kier molecular flexibility index (Phi) is 3.62. The summed E-state index contributed by atoms with van der Waals surface area (Å²) in [6, 6.07) is 5.23. The molecule has 15 heavy (non-hydrogen) atoms. The standard InChI is InChI=1S/C10H10F3N.ClH/c11-10(12,13)9-8-4-2-1-3-7(8)5-6-14-9;/h1-4,9,14H,5-6H2;1H. The fourth-order valence-electron chi connectivity index (χ4n) is 1.80. The highest BCUT2D eigenvalue weighted by Crippen LogP contribution is 2.36. The Labute approximate surface area is 92.1 Å². The van der Waals surface area contributed by atoms with Gasteiger partial charge in [0.1, 0.15) is 6.04 Å².